The Hall–Kier alpha value is -0.220. The smallest absolute Gasteiger partial charge is 0.0636 e. The lowest BCUT2D eigenvalue weighted by molar-refractivity contribution is 0.346. The summed E-state index contributed by atoms with van der Waals surface area (Å²) >= 11 is 10.3. The van der Waals surface area contributed by atoms with Gasteiger partial charge >= 0.3 is 0 Å². The Kier molecular flexibility index (Phi) is 4.08. The van der Waals surface area contributed by atoms with Crippen molar-refractivity contribution in [1.29, 1.82) is 0 Å². The van der Waals surface area contributed by atoms with E-state index in [1.807, 2.05) is 11.8 Å². The molecule has 1 nitrogen and oxygen atoms in total. The predicted molar refractivity (Wildman–Crippen MR) is 88.6 cm³/mol. The van der Waals surface area contributed by atoms with Crippen LogP contribution in [-0.2, 0) is 6.54 Å². The molecule has 1 N–H and O–H groups in total. The molecule has 0 bridgehead atoms. The first kappa shape index (κ1) is 13.7. The Morgan fingerprint density at radius 1 is 1.37 bits per heavy atom. The van der Waals surface area contributed by atoms with Crippen LogP contribution < -0.4 is 5.32 Å². The summed E-state index contributed by atoms with van der Waals surface area (Å²) in [4.78, 5) is 1.26. The average Bonchev–Trinajstić information content (AvgIpc) is 2.70. The zero-order valence-electron chi connectivity index (χ0n) is 11.0. The fourth-order valence-electron chi connectivity index (χ4n) is 2.61. The van der Waals surface area contributed by atoms with Crippen LogP contribution in [0, 0.1) is 0 Å². The number of benzene rings is 1. The van der Waals surface area contributed by atoms with Gasteiger partial charge in [0.25, 0.3) is 0 Å². The van der Waals surface area contributed by atoms with Crippen LogP contribution in [-0.4, -0.2) is 17.5 Å². The molecule has 1 aromatic carbocycles. The Morgan fingerprint density at radius 3 is 2.79 bits per heavy atom. The first-order valence-electron chi connectivity index (χ1n) is 6.66. The summed E-state index contributed by atoms with van der Waals surface area (Å²) < 4.78 is 1.77. The van der Waals surface area contributed by atoms with E-state index in [1.165, 1.54) is 34.2 Å². The molecule has 3 rings (SSSR count). The molecular formula is C15H18ClNS2. The van der Waals surface area contributed by atoms with E-state index in [9.17, 15) is 0 Å². The van der Waals surface area contributed by atoms with Gasteiger partial charge in [-0.05, 0) is 25.2 Å². The fraction of sp³-hybridized carbons (Fsp3) is 0.467. The third kappa shape index (κ3) is 2.66. The number of hydrogen-bond acceptors (Lipinski definition) is 3. The first-order valence-corrected chi connectivity index (χ1v) is 9.08. The van der Waals surface area contributed by atoms with Crippen molar-refractivity contribution >= 4 is 44.8 Å². The van der Waals surface area contributed by atoms with Gasteiger partial charge in [-0.1, -0.05) is 36.2 Å². The van der Waals surface area contributed by atoms with Gasteiger partial charge in [0.15, 0.2) is 0 Å². The molecule has 19 heavy (non-hydrogen) atoms. The maximum absolute atomic E-state index is 6.45. The number of thioether (sulfide) groups is 1. The van der Waals surface area contributed by atoms with Crippen molar-refractivity contribution in [2.45, 2.75) is 30.6 Å². The largest absolute Gasteiger partial charge is 0.310 e. The van der Waals surface area contributed by atoms with E-state index in [0.717, 1.165) is 18.1 Å². The van der Waals surface area contributed by atoms with Gasteiger partial charge in [-0.2, -0.15) is 11.8 Å². The van der Waals surface area contributed by atoms with Gasteiger partial charge < -0.3 is 5.32 Å². The summed E-state index contributed by atoms with van der Waals surface area (Å²) in [6, 6.07) is 8.37. The molecule has 102 valence electrons. The van der Waals surface area contributed by atoms with Crippen LogP contribution in [0.3, 0.4) is 0 Å². The average molecular weight is 312 g/mol. The molecule has 1 aliphatic carbocycles. The lowest BCUT2D eigenvalue weighted by atomic mass is 9.84. The minimum atomic E-state index is 0.489. The molecule has 1 heterocycles. The van der Waals surface area contributed by atoms with Gasteiger partial charge in [0.2, 0.25) is 0 Å². The van der Waals surface area contributed by atoms with Crippen LogP contribution in [0.1, 0.15) is 24.1 Å². The number of hydrogen-bond donors (Lipinski definition) is 1. The van der Waals surface area contributed by atoms with E-state index in [4.69, 9.17) is 11.6 Å². The molecule has 1 aliphatic rings. The van der Waals surface area contributed by atoms with Crippen LogP contribution in [0.2, 0.25) is 5.02 Å². The van der Waals surface area contributed by atoms with E-state index in [1.54, 1.807) is 11.3 Å². The molecular weight excluding hydrogens is 294 g/mol. The standard InChI is InChI=1S/C15H18ClNS2/c1-18-15(7-4-8-15)10-17-9-13-14(16)11-5-2-3-6-12(11)19-13/h2-3,5-6,17H,4,7-10H2,1H3. The maximum atomic E-state index is 6.45. The first-order chi connectivity index (χ1) is 9.24. The molecule has 0 amide bonds. The van der Waals surface area contributed by atoms with Gasteiger partial charge in [0, 0.05) is 32.8 Å². The summed E-state index contributed by atoms with van der Waals surface area (Å²) in [6.45, 7) is 1.99. The zero-order chi connectivity index (χ0) is 13.3. The highest BCUT2D eigenvalue weighted by atomic mass is 35.5. The Morgan fingerprint density at radius 2 is 2.16 bits per heavy atom. The number of halogens is 1. The fourth-order valence-corrected chi connectivity index (χ4v) is 5.02. The lowest BCUT2D eigenvalue weighted by Gasteiger charge is -2.40. The summed E-state index contributed by atoms with van der Waals surface area (Å²) in [5.74, 6) is 0. The molecule has 1 aromatic heterocycles. The van der Waals surface area contributed by atoms with E-state index < -0.39 is 0 Å². The van der Waals surface area contributed by atoms with Crippen LogP contribution in [0.25, 0.3) is 10.1 Å². The van der Waals surface area contributed by atoms with Crippen molar-refractivity contribution in [2.75, 3.05) is 12.8 Å². The summed E-state index contributed by atoms with van der Waals surface area (Å²) in [5.41, 5.74) is 0. The molecule has 0 spiro atoms. The second kappa shape index (κ2) is 5.65. The third-order valence-corrected chi connectivity index (χ3v) is 7.17. The minimum absolute atomic E-state index is 0.489. The van der Waals surface area contributed by atoms with Crippen LogP contribution in [0.5, 0.6) is 0 Å². The van der Waals surface area contributed by atoms with Gasteiger partial charge in [-0.15, -0.1) is 11.3 Å². The van der Waals surface area contributed by atoms with Crippen LogP contribution in [0.15, 0.2) is 24.3 Å². The number of nitrogens with one attached hydrogen (secondary N) is 1. The second-order valence-corrected chi connectivity index (χ2v) is 7.97. The molecule has 1 saturated carbocycles. The summed E-state index contributed by atoms with van der Waals surface area (Å²) in [6.07, 6.45) is 6.31. The Bertz CT molecular complexity index is 569. The second-order valence-electron chi connectivity index (χ2n) is 5.18. The summed E-state index contributed by atoms with van der Waals surface area (Å²) in [5, 5.41) is 5.72. The molecule has 1 fully saturated rings. The van der Waals surface area contributed by atoms with Crippen molar-refractivity contribution in [3.05, 3.63) is 34.2 Å². The molecule has 2 aromatic rings. The SMILES string of the molecule is CSC1(CNCc2sc3ccccc3c2Cl)CCC1. The minimum Gasteiger partial charge on any atom is -0.310 e. The third-order valence-electron chi connectivity index (χ3n) is 4.03. The Balaban J connectivity index is 1.67. The van der Waals surface area contributed by atoms with Crippen LogP contribution >= 0.6 is 34.7 Å². The highest BCUT2D eigenvalue weighted by molar-refractivity contribution is 8.00. The van der Waals surface area contributed by atoms with E-state index in [-0.39, 0.29) is 0 Å². The van der Waals surface area contributed by atoms with Crippen molar-refractivity contribution in [3.63, 3.8) is 0 Å². The number of rotatable bonds is 5. The predicted octanol–water partition coefficient (Wildman–Crippen LogP) is 4.93. The van der Waals surface area contributed by atoms with Gasteiger partial charge in [0.1, 0.15) is 0 Å². The van der Waals surface area contributed by atoms with E-state index in [2.05, 4.69) is 35.8 Å². The van der Waals surface area contributed by atoms with Crippen LogP contribution in [0.4, 0.5) is 0 Å². The van der Waals surface area contributed by atoms with Crippen molar-refractivity contribution in [1.82, 2.24) is 5.32 Å². The molecule has 4 heteroatoms. The number of fused-ring (bicyclic) bond motifs is 1. The van der Waals surface area contributed by atoms with Crippen molar-refractivity contribution in [3.8, 4) is 0 Å². The molecule has 0 unspecified atom stereocenters. The normalized spacial score (nSPS) is 17.6. The number of thiophene rings is 1. The van der Waals surface area contributed by atoms with E-state index >= 15 is 0 Å². The Labute approximate surface area is 127 Å². The lowest BCUT2D eigenvalue weighted by Crippen LogP contribution is -2.43. The van der Waals surface area contributed by atoms with Gasteiger partial charge in [-0.25, -0.2) is 0 Å². The maximum Gasteiger partial charge on any atom is 0.0636 e. The topological polar surface area (TPSA) is 12.0 Å². The monoisotopic (exact) mass is 311 g/mol. The quantitative estimate of drug-likeness (QED) is 0.840. The van der Waals surface area contributed by atoms with Gasteiger partial charge in [-0.3, -0.25) is 0 Å². The molecule has 0 atom stereocenters. The molecule has 0 saturated heterocycles. The zero-order valence-corrected chi connectivity index (χ0v) is 13.4. The summed E-state index contributed by atoms with van der Waals surface area (Å²) in [7, 11) is 0. The highest BCUT2D eigenvalue weighted by Gasteiger charge is 2.35. The van der Waals surface area contributed by atoms with Crippen molar-refractivity contribution < 1.29 is 0 Å². The van der Waals surface area contributed by atoms with Gasteiger partial charge in [0.05, 0.1) is 5.02 Å². The molecule has 0 radical (unpaired) electrons. The van der Waals surface area contributed by atoms with Crippen molar-refractivity contribution in [2.24, 2.45) is 0 Å². The van der Waals surface area contributed by atoms with E-state index in [0.29, 0.717) is 4.75 Å². The highest BCUT2D eigenvalue weighted by Crippen LogP contribution is 2.42. The molecule has 0 aliphatic heterocycles.